The first-order valence-electron chi connectivity index (χ1n) is 8.47. The summed E-state index contributed by atoms with van der Waals surface area (Å²) in [5.41, 5.74) is -0.521. The predicted octanol–water partition coefficient (Wildman–Crippen LogP) is -3.85. The second-order valence-corrected chi connectivity index (χ2v) is 8.09. The Hall–Kier alpha value is -0.0100. The van der Waals surface area contributed by atoms with Gasteiger partial charge in [0.1, 0.15) is 35.5 Å². The molecule has 12 nitrogen and oxygen atoms in total. The van der Waals surface area contributed by atoms with E-state index in [9.17, 15) is 4.79 Å². The summed E-state index contributed by atoms with van der Waals surface area (Å²) in [6.07, 6.45) is -4.70. The fraction of sp³-hybridized carbons (Fsp3) is 0.867. The maximum absolute atomic E-state index is 9.33. The average molecular weight is 499 g/mol. The first-order chi connectivity index (χ1) is 14.2. The van der Waals surface area contributed by atoms with Crippen molar-refractivity contribution in [1.29, 1.82) is 0 Å². The Bertz CT molecular complexity index is 388. The Kier molecular flexibility index (Phi) is 22.4. The van der Waals surface area contributed by atoms with Gasteiger partial charge in [0.15, 0.2) is 18.9 Å². The number of carbonyl (C=O) groups excluding carboxylic acids is 2. The van der Waals surface area contributed by atoms with E-state index in [0.717, 1.165) is 6.29 Å². The summed E-state index contributed by atoms with van der Waals surface area (Å²) in [7, 11) is 0. The minimum atomic E-state index is -1.31. The smallest absolute Gasteiger partial charge is 0.184 e. The van der Waals surface area contributed by atoms with Crippen molar-refractivity contribution in [2.75, 3.05) is 37.1 Å². The number of hydrogen-bond acceptors (Lipinski definition) is 15. The molecule has 0 aromatic heterocycles. The molecule has 0 radical (unpaired) electrons. The lowest BCUT2D eigenvalue weighted by Crippen LogP contribution is -2.51. The Morgan fingerprint density at radius 3 is 1.43 bits per heavy atom. The van der Waals surface area contributed by atoms with E-state index in [1.54, 1.807) is 0 Å². The van der Waals surface area contributed by atoms with Gasteiger partial charge in [-0.1, -0.05) is 0 Å². The fourth-order valence-corrected chi connectivity index (χ4v) is 3.48. The van der Waals surface area contributed by atoms with Gasteiger partial charge in [-0.2, -0.15) is 12.6 Å². The second kappa shape index (κ2) is 20.9. The highest BCUT2D eigenvalue weighted by Crippen LogP contribution is 2.26. The SMILES string of the molecule is O=CC(O)CO.O=CCS.OC1CSC(O)CS1.OCC1OC(O)C(CO)OC1O. The van der Waals surface area contributed by atoms with Gasteiger partial charge in [0, 0.05) is 17.3 Å². The number of hydrogen-bond donors (Lipinski definition) is 9. The number of aliphatic hydroxyl groups is 8. The van der Waals surface area contributed by atoms with Gasteiger partial charge < -0.3 is 59.9 Å². The molecule has 15 heteroatoms. The van der Waals surface area contributed by atoms with E-state index in [2.05, 4.69) is 12.6 Å². The number of carbonyl (C=O) groups is 2. The summed E-state index contributed by atoms with van der Waals surface area (Å²) in [6, 6.07) is 0. The average Bonchev–Trinajstić information content (AvgIpc) is 2.77. The Morgan fingerprint density at radius 1 is 0.900 bits per heavy atom. The van der Waals surface area contributed by atoms with Crippen LogP contribution in [0.3, 0.4) is 0 Å². The Balaban J connectivity index is 0. The highest BCUT2D eigenvalue weighted by atomic mass is 32.2. The van der Waals surface area contributed by atoms with Crippen LogP contribution in [0.25, 0.3) is 0 Å². The van der Waals surface area contributed by atoms with Crippen molar-refractivity contribution >= 4 is 48.7 Å². The molecule has 180 valence electrons. The third-order valence-electron chi connectivity index (χ3n) is 2.91. The molecule has 2 fully saturated rings. The van der Waals surface area contributed by atoms with Crippen LogP contribution in [-0.2, 0) is 19.1 Å². The third kappa shape index (κ3) is 16.7. The van der Waals surface area contributed by atoms with Gasteiger partial charge in [0.2, 0.25) is 0 Å². The van der Waals surface area contributed by atoms with Crippen molar-refractivity contribution < 1.29 is 59.9 Å². The minimum absolute atomic E-state index is 0.261. The molecule has 0 aromatic rings. The van der Waals surface area contributed by atoms with Gasteiger partial charge in [-0.3, -0.25) is 0 Å². The van der Waals surface area contributed by atoms with Crippen LogP contribution in [0.5, 0.6) is 0 Å². The molecule has 2 rings (SSSR count). The van der Waals surface area contributed by atoms with Gasteiger partial charge in [0.25, 0.3) is 0 Å². The normalized spacial score (nSPS) is 31.4. The largest absolute Gasteiger partial charge is 0.393 e. The molecule has 0 spiro atoms. The molecular weight excluding hydrogens is 468 g/mol. The number of aldehydes is 2. The van der Waals surface area contributed by atoms with E-state index in [0.29, 0.717) is 17.3 Å². The molecule has 8 N–H and O–H groups in total. The number of thiol groups is 1. The monoisotopic (exact) mass is 498 g/mol. The van der Waals surface area contributed by atoms with Crippen molar-refractivity contribution in [3.63, 3.8) is 0 Å². The molecule has 2 aliphatic heterocycles. The van der Waals surface area contributed by atoms with E-state index in [-0.39, 0.29) is 17.2 Å². The van der Waals surface area contributed by atoms with Crippen LogP contribution < -0.4 is 0 Å². The molecule has 0 amide bonds. The molecule has 2 heterocycles. The van der Waals surface area contributed by atoms with Gasteiger partial charge in [-0.15, -0.1) is 23.5 Å². The van der Waals surface area contributed by atoms with Gasteiger partial charge in [-0.25, -0.2) is 0 Å². The van der Waals surface area contributed by atoms with Crippen LogP contribution in [-0.4, -0.2) is 132 Å². The molecule has 0 aromatic carbocycles. The molecule has 2 saturated heterocycles. The zero-order chi connectivity index (χ0) is 23.5. The van der Waals surface area contributed by atoms with E-state index in [1.807, 2.05) is 0 Å². The summed E-state index contributed by atoms with van der Waals surface area (Å²) >= 11 is 6.37. The minimum Gasteiger partial charge on any atom is -0.393 e. The van der Waals surface area contributed by atoms with Crippen molar-refractivity contribution in [3.05, 3.63) is 0 Å². The lowest BCUT2D eigenvalue weighted by molar-refractivity contribution is -0.338. The molecule has 2 aliphatic rings. The summed E-state index contributed by atoms with van der Waals surface area (Å²) in [6.45, 7) is -1.38. The Morgan fingerprint density at radius 2 is 1.27 bits per heavy atom. The van der Waals surface area contributed by atoms with Crippen LogP contribution in [0.2, 0.25) is 0 Å². The highest BCUT2D eigenvalue weighted by molar-refractivity contribution is 8.06. The molecular formula is C15H30O12S3. The van der Waals surface area contributed by atoms with Crippen molar-refractivity contribution in [2.24, 2.45) is 0 Å². The maximum Gasteiger partial charge on any atom is 0.184 e. The van der Waals surface area contributed by atoms with Crippen LogP contribution in [0.4, 0.5) is 0 Å². The van der Waals surface area contributed by atoms with E-state index >= 15 is 0 Å². The van der Waals surface area contributed by atoms with Gasteiger partial charge in [-0.05, 0) is 0 Å². The van der Waals surface area contributed by atoms with Crippen molar-refractivity contribution in [3.8, 4) is 0 Å². The van der Waals surface area contributed by atoms with Crippen LogP contribution >= 0.6 is 36.2 Å². The molecule has 7 atom stereocenters. The predicted molar refractivity (Wildman–Crippen MR) is 112 cm³/mol. The molecule has 0 aliphatic carbocycles. The van der Waals surface area contributed by atoms with Crippen molar-refractivity contribution in [1.82, 2.24) is 0 Å². The molecule has 0 bridgehead atoms. The first kappa shape index (κ1) is 32.2. The first-order valence-corrected chi connectivity index (χ1v) is 11.2. The van der Waals surface area contributed by atoms with E-state index in [4.69, 9.17) is 55.1 Å². The summed E-state index contributed by atoms with van der Waals surface area (Å²) < 4.78 is 9.44. The quantitative estimate of drug-likeness (QED) is 0.131. The molecule has 7 unspecified atom stereocenters. The Labute approximate surface area is 187 Å². The number of aliphatic hydroxyl groups excluding tert-OH is 8. The van der Waals surface area contributed by atoms with Crippen molar-refractivity contribution in [2.45, 2.75) is 41.8 Å². The van der Waals surface area contributed by atoms with Crippen LogP contribution in [0.1, 0.15) is 0 Å². The molecule has 30 heavy (non-hydrogen) atoms. The van der Waals surface area contributed by atoms with Crippen LogP contribution in [0.15, 0.2) is 0 Å². The fourth-order valence-electron chi connectivity index (χ4n) is 1.46. The van der Waals surface area contributed by atoms with Crippen LogP contribution in [0, 0.1) is 0 Å². The zero-order valence-electron chi connectivity index (χ0n) is 15.9. The van der Waals surface area contributed by atoms with E-state index < -0.39 is 50.7 Å². The summed E-state index contributed by atoms with van der Waals surface area (Å²) in [5, 5.41) is 68.9. The number of thioether (sulfide) groups is 2. The standard InChI is InChI=1S/C6H12O6.C4H8O2S2.C3H6O3.C2H4OS/c7-1-3-5(9)12-4(2-8)6(10)11-3;5-3-1-7-4(6)2-8-3;4-1-3(6)2-5;3-1-2-4/h3-10H,1-2H2;3-6H,1-2H2;1,3,5-6H,2H2;1,4H,2H2. The summed E-state index contributed by atoms with van der Waals surface area (Å²) in [5.74, 6) is 1.65. The van der Waals surface area contributed by atoms with E-state index in [1.165, 1.54) is 23.5 Å². The second-order valence-electron chi connectivity index (χ2n) is 5.31. The number of rotatable bonds is 5. The highest BCUT2D eigenvalue weighted by Gasteiger charge is 2.36. The lowest BCUT2D eigenvalue weighted by atomic mass is 10.2. The third-order valence-corrected chi connectivity index (χ3v) is 5.60. The topological polar surface area (TPSA) is 214 Å². The maximum atomic E-state index is 9.33. The van der Waals surface area contributed by atoms with Gasteiger partial charge >= 0.3 is 0 Å². The molecule has 0 saturated carbocycles. The number of ether oxygens (including phenoxy) is 2. The lowest BCUT2D eigenvalue weighted by Gasteiger charge is -2.35. The summed E-state index contributed by atoms with van der Waals surface area (Å²) in [4.78, 5) is 18.4. The van der Waals surface area contributed by atoms with Gasteiger partial charge in [0.05, 0.1) is 19.8 Å². The zero-order valence-corrected chi connectivity index (χ0v) is 18.4.